The first-order valence-corrected chi connectivity index (χ1v) is 12.4. The second-order valence-corrected chi connectivity index (χ2v) is 9.28. The number of phosphoric ester groups is 1. The largest absolute Gasteiger partial charge is 0.469 e. The molecule has 0 saturated carbocycles. The zero-order valence-corrected chi connectivity index (χ0v) is 18.9. The number of aromatic nitrogens is 4. The van der Waals surface area contributed by atoms with E-state index in [4.69, 9.17) is 14.5 Å². The molecule has 0 spiro atoms. The third-order valence-corrected chi connectivity index (χ3v) is 6.00. The number of aliphatic hydroxyl groups is 2. The Hall–Kier alpha value is -1.66. The minimum absolute atomic E-state index is 0.0634. The van der Waals surface area contributed by atoms with Gasteiger partial charge in [-0.05, 0) is 6.42 Å². The molecule has 1 aliphatic heterocycles. The number of nitrogens with zero attached hydrogens (tertiary/aromatic N) is 3. The molecule has 0 aromatic carbocycles. The normalized spacial score (nSPS) is 23.9. The number of ether oxygens (including phenoxy) is 1. The van der Waals surface area contributed by atoms with Gasteiger partial charge >= 0.3 is 7.82 Å². The van der Waals surface area contributed by atoms with Gasteiger partial charge in [-0.2, -0.15) is 0 Å². The molecule has 3 heterocycles. The van der Waals surface area contributed by atoms with Crippen molar-refractivity contribution in [3.63, 3.8) is 0 Å². The van der Waals surface area contributed by atoms with Crippen LogP contribution in [0.3, 0.4) is 0 Å². The molecule has 5 N–H and O–H groups in total. The summed E-state index contributed by atoms with van der Waals surface area (Å²) in [5.41, 5.74) is -0.158. The molecule has 3 rings (SSSR count). The molecule has 1 unspecified atom stereocenters. The zero-order valence-electron chi connectivity index (χ0n) is 18.0. The van der Waals surface area contributed by atoms with Crippen molar-refractivity contribution in [1.82, 2.24) is 19.5 Å². The van der Waals surface area contributed by atoms with E-state index in [-0.39, 0.29) is 11.2 Å². The molecule has 32 heavy (non-hydrogen) atoms. The maximum atomic E-state index is 12.4. The lowest BCUT2D eigenvalue weighted by Crippen LogP contribution is -2.33. The number of aromatic amines is 1. The van der Waals surface area contributed by atoms with E-state index in [9.17, 15) is 19.6 Å². The molecule has 2 aromatic heterocycles. The van der Waals surface area contributed by atoms with Crippen molar-refractivity contribution in [2.24, 2.45) is 0 Å². The molecule has 12 nitrogen and oxygen atoms in total. The molecule has 0 bridgehead atoms. The van der Waals surface area contributed by atoms with Crippen molar-refractivity contribution in [3.8, 4) is 0 Å². The highest BCUT2D eigenvalue weighted by Gasteiger charge is 2.45. The highest BCUT2D eigenvalue weighted by molar-refractivity contribution is 7.46. The summed E-state index contributed by atoms with van der Waals surface area (Å²) in [6, 6.07) is 0. The summed E-state index contributed by atoms with van der Waals surface area (Å²) in [5, 5.41) is 20.6. The Morgan fingerprint density at radius 3 is 2.53 bits per heavy atom. The van der Waals surface area contributed by atoms with E-state index in [1.54, 1.807) is 0 Å². The quantitative estimate of drug-likeness (QED) is 0.221. The van der Waals surface area contributed by atoms with E-state index in [2.05, 4.69) is 26.4 Å². The summed E-state index contributed by atoms with van der Waals surface area (Å²) >= 11 is 0. The Morgan fingerprint density at radius 1 is 1.16 bits per heavy atom. The molecule has 1 fully saturated rings. The predicted molar refractivity (Wildman–Crippen MR) is 114 cm³/mol. The number of phosphoric acid groups is 1. The monoisotopic (exact) mass is 474 g/mol. The first kappa shape index (κ1) is 25.0. The highest BCUT2D eigenvalue weighted by atomic mass is 31.2. The topological polar surface area (TPSA) is 180 Å². The van der Waals surface area contributed by atoms with Gasteiger partial charge in [0.2, 0.25) is 0 Å². The van der Waals surface area contributed by atoms with Crippen LogP contribution >= 0.6 is 7.82 Å². The van der Waals surface area contributed by atoms with Crippen molar-refractivity contribution < 1.29 is 33.8 Å². The number of hydrogen-bond acceptors (Lipinski definition) is 8. The molecule has 13 heteroatoms. The number of aliphatic hydroxyl groups excluding tert-OH is 2. The Balaban J connectivity index is 1.69. The fourth-order valence-corrected chi connectivity index (χ4v) is 4.13. The number of unbranched alkanes of at least 4 members (excludes halogenated alkanes) is 6. The van der Waals surface area contributed by atoms with Crippen LogP contribution in [0, 0.1) is 0 Å². The molecule has 1 aliphatic rings. The van der Waals surface area contributed by atoms with E-state index in [0.29, 0.717) is 12.2 Å². The maximum Gasteiger partial charge on any atom is 0.469 e. The van der Waals surface area contributed by atoms with Crippen LogP contribution in [0.4, 0.5) is 0 Å². The fraction of sp³-hybridized carbons (Fsp3) is 0.737. The van der Waals surface area contributed by atoms with Gasteiger partial charge in [-0.15, -0.1) is 0 Å². The number of nitrogens with one attached hydrogen (secondary N) is 1. The summed E-state index contributed by atoms with van der Waals surface area (Å²) in [4.78, 5) is 41.4. The fourth-order valence-electron chi connectivity index (χ4n) is 3.79. The van der Waals surface area contributed by atoms with Gasteiger partial charge in [-0.25, -0.2) is 14.5 Å². The summed E-state index contributed by atoms with van der Waals surface area (Å²) in [7, 11) is -4.77. The second-order valence-electron chi connectivity index (χ2n) is 8.04. The number of rotatable bonds is 12. The van der Waals surface area contributed by atoms with Crippen LogP contribution < -0.4 is 5.56 Å². The molecular formula is C19H31N4O8P. The Morgan fingerprint density at radius 2 is 1.84 bits per heavy atom. The van der Waals surface area contributed by atoms with E-state index < -0.39 is 44.5 Å². The molecule has 0 aliphatic carbocycles. The summed E-state index contributed by atoms with van der Waals surface area (Å²) in [5.74, 6) is 0.493. The molecular weight excluding hydrogens is 443 g/mol. The summed E-state index contributed by atoms with van der Waals surface area (Å²) in [6.45, 7) is 1.55. The Kier molecular flexibility index (Phi) is 8.56. The van der Waals surface area contributed by atoms with E-state index in [1.165, 1.54) is 36.6 Å². The van der Waals surface area contributed by atoms with Gasteiger partial charge in [-0.3, -0.25) is 13.9 Å². The van der Waals surface area contributed by atoms with Gasteiger partial charge in [0.25, 0.3) is 5.56 Å². The van der Waals surface area contributed by atoms with Gasteiger partial charge in [-0.1, -0.05) is 45.4 Å². The average molecular weight is 474 g/mol. The van der Waals surface area contributed by atoms with Crippen LogP contribution in [0.1, 0.15) is 63.9 Å². The number of H-pyrrole nitrogens is 1. The molecule has 4 atom stereocenters. The van der Waals surface area contributed by atoms with Crippen molar-refractivity contribution in [3.05, 3.63) is 22.5 Å². The minimum Gasteiger partial charge on any atom is -0.387 e. The number of fused-ring (bicyclic) bond motifs is 1. The minimum atomic E-state index is -4.77. The van der Waals surface area contributed by atoms with Crippen LogP contribution in [0.15, 0.2) is 11.1 Å². The van der Waals surface area contributed by atoms with E-state index in [1.807, 2.05) is 0 Å². The lowest BCUT2D eigenvalue weighted by atomic mass is 10.1. The Labute approximate surface area is 184 Å². The SMILES string of the molecule is CCCCCCCCCc1nc2c(ncn2C2O[C@@H](COP(=O)(O)O)[C@H](O)[C@@H]2O)c(=O)[nH]1. The van der Waals surface area contributed by atoms with Crippen LogP contribution in [0.25, 0.3) is 11.2 Å². The molecule has 180 valence electrons. The molecule has 0 amide bonds. The lowest BCUT2D eigenvalue weighted by molar-refractivity contribution is -0.0504. The van der Waals surface area contributed by atoms with Crippen LogP contribution in [-0.4, -0.2) is 64.4 Å². The van der Waals surface area contributed by atoms with Gasteiger partial charge in [0.05, 0.1) is 12.9 Å². The number of aryl methyl sites for hydroxylation is 1. The maximum absolute atomic E-state index is 12.4. The van der Waals surface area contributed by atoms with E-state index in [0.717, 1.165) is 19.3 Å². The van der Waals surface area contributed by atoms with Gasteiger partial charge in [0.15, 0.2) is 17.4 Å². The smallest absolute Gasteiger partial charge is 0.387 e. The highest BCUT2D eigenvalue weighted by Crippen LogP contribution is 2.38. The average Bonchev–Trinajstić information content (AvgIpc) is 3.27. The molecule has 2 aromatic rings. The predicted octanol–water partition coefficient (Wildman–Crippen LogP) is 1.14. The van der Waals surface area contributed by atoms with Gasteiger partial charge in [0.1, 0.15) is 24.1 Å². The van der Waals surface area contributed by atoms with E-state index >= 15 is 0 Å². The van der Waals surface area contributed by atoms with Gasteiger partial charge in [0, 0.05) is 6.42 Å². The third kappa shape index (κ3) is 6.22. The van der Waals surface area contributed by atoms with Crippen molar-refractivity contribution >= 4 is 19.0 Å². The van der Waals surface area contributed by atoms with Crippen molar-refractivity contribution in [2.75, 3.05) is 6.61 Å². The first-order chi connectivity index (χ1) is 15.2. The van der Waals surface area contributed by atoms with Crippen LogP contribution in [0.5, 0.6) is 0 Å². The molecule has 0 radical (unpaired) electrons. The molecule has 1 saturated heterocycles. The first-order valence-electron chi connectivity index (χ1n) is 10.9. The van der Waals surface area contributed by atoms with Crippen molar-refractivity contribution in [2.45, 2.75) is 82.8 Å². The zero-order chi connectivity index (χ0) is 23.3. The van der Waals surface area contributed by atoms with Crippen LogP contribution in [0.2, 0.25) is 0 Å². The lowest BCUT2D eigenvalue weighted by Gasteiger charge is -2.16. The number of imidazole rings is 1. The Bertz CT molecular complexity index is 989. The standard InChI is InChI=1S/C19H31N4O8P/c1-2-3-4-5-6-7-8-9-13-21-17-14(18(26)22-13)20-11-23(17)19-16(25)15(24)12(31-19)10-30-32(27,28)29/h11-12,15-16,19,24-25H,2-10H2,1H3,(H,21,22,26)(H2,27,28,29)/t12-,15-,16-,19?/m0/s1. The van der Waals surface area contributed by atoms with Crippen LogP contribution in [-0.2, 0) is 20.2 Å². The van der Waals surface area contributed by atoms with Gasteiger partial charge < -0.3 is 29.7 Å². The number of hydrogen-bond donors (Lipinski definition) is 5. The van der Waals surface area contributed by atoms with Crippen molar-refractivity contribution in [1.29, 1.82) is 0 Å². The summed E-state index contributed by atoms with van der Waals surface area (Å²) in [6.07, 6.45) is 4.51. The third-order valence-electron chi connectivity index (χ3n) is 5.52. The second kappa shape index (κ2) is 11.0. The summed E-state index contributed by atoms with van der Waals surface area (Å²) < 4.78 is 22.2.